The molecule has 1 aromatic rings. The van der Waals surface area contributed by atoms with E-state index in [9.17, 15) is 4.79 Å². The molecular formula is C16H20BrNO2. The lowest BCUT2D eigenvalue weighted by Crippen LogP contribution is -2.42. The van der Waals surface area contributed by atoms with Crippen LogP contribution in [0.1, 0.15) is 31.2 Å². The van der Waals surface area contributed by atoms with Gasteiger partial charge in [-0.15, -0.1) is 0 Å². The summed E-state index contributed by atoms with van der Waals surface area (Å²) in [5.41, 5.74) is 1.05. The van der Waals surface area contributed by atoms with E-state index in [0.29, 0.717) is 18.6 Å². The Labute approximate surface area is 128 Å². The smallest absolute Gasteiger partial charge is 0.230 e. The molecule has 1 aromatic carbocycles. The molecule has 4 heteroatoms. The number of halogens is 1. The van der Waals surface area contributed by atoms with Gasteiger partial charge in [0.15, 0.2) is 0 Å². The van der Waals surface area contributed by atoms with Crippen molar-refractivity contribution in [3.05, 3.63) is 29.8 Å². The Morgan fingerprint density at radius 3 is 3.00 bits per heavy atom. The van der Waals surface area contributed by atoms with Crippen LogP contribution in [0.2, 0.25) is 0 Å². The average molecular weight is 338 g/mol. The lowest BCUT2D eigenvalue weighted by Gasteiger charge is -2.32. The minimum atomic E-state index is -0.0354. The first-order valence-electron chi connectivity index (χ1n) is 7.30. The number of ether oxygens (including phenoxy) is 1. The summed E-state index contributed by atoms with van der Waals surface area (Å²) in [6.45, 7) is 3.75. The third-order valence-electron chi connectivity index (χ3n) is 4.58. The number of benzene rings is 1. The van der Waals surface area contributed by atoms with Gasteiger partial charge in [0, 0.05) is 23.5 Å². The molecule has 3 unspecified atom stereocenters. The fraction of sp³-hybridized carbons (Fsp3) is 0.562. The van der Waals surface area contributed by atoms with Crippen LogP contribution in [0.3, 0.4) is 0 Å². The number of carbonyl (C=O) groups excluding carboxylic acids is 1. The van der Waals surface area contributed by atoms with E-state index in [4.69, 9.17) is 4.74 Å². The number of amides is 1. The quantitative estimate of drug-likeness (QED) is 0.775. The average Bonchev–Trinajstić information content (AvgIpc) is 2.86. The van der Waals surface area contributed by atoms with Crippen LogP contribution >= 0.6 is 15.9 Å². The Hall–Kier alpha value is -1.03. The van der Waals surface area contributed by atoms with Gasteiger partial charge < -0.3 is 9.64 Å². The first-order valence-corrected chi connectivity index (χ1v) is 8.42. The summed E-state index contributed by atoms with van der Waals surface area (Å²) >= 11 is 3.56. The van der Waals surface area contributed by atoms with Gasteiger partial charge in [-0.1, -0.05) is 41.1 Å². The number of hydrogen-bond donors (Lipinski definition) is 0. The zero-order chi connectivity index (χ0) is 14.1. The van der Waals surface area contributed by atoms with Crippen molar-refractivity contribution >= 4 is 21.8 Å². The van der Waals surface area contributed by atoms with Crippen molar-refractivity contribution in [2.75, 3.05) is 18.5 Å². The van der Waals surface area contributed by atoms with Crippen LogP contribution in [0.25, 0.3) is 0 Å². The standard InChI is InChI=1S/C16H20BrNO2/c1-11-6-8-18(14(11)10-17)16(19)13-7-9-20-15-5-3-2-4-12(13)15/h2-5,11,13-14H,6-10H2,1H3. The van der Waals surface area contributed by atoms with Gasteiger partial charge in [-0.25, -0.2) is 0 Å². The van der Waals surface area contributed by atoms with Gasteiger partial charge in [-0.05, 0) is 24.8 Å². The van der Waals surface area contributed by atoms with E-state index >= 15 is 0 Å². The predicted octanol–water partition coefficient (Wildman–Crippen LogP) is 3.18. The molecule has 0 N–H and O–H groups in total. The van der Waals surface area contributed by atoms with E-state index in [1.165, 1.54) is 0 Å². The van der Waals surface area contributed by atoms with Crippen molar-refractivity contribution < 1.29 is 9.53 Å². The largest absolute Gasteiger partial charge is 0.493 e. The third kappa shape index (κ3) is 2.34. The van der Waals surface area contributed by atoms with Crippen molar-refractivity contribution in [3.63, 3.8) is 0 Å². The predicted molar refractivity (Wildman–Crippen MR) is 82.4 cm³/mol. The van der Waals surface area contributed by atoms with Gasteiger partial charge in [0.2, 0.25) is 5.91 Å². The molecule has 0 spiro atoms. The van der Waals surface area contributed by atoms with Crippen molar-refractivity contribution in [3.8, 4) is 5.75 Å². The molecular weight excluding hydrogens is 318 g/mol. The fourth-order valence-corrected chi connectivity index (χ4v) is 4.30. The first-order chi connectivity index (χ1) is 9.72. The van der Waals surface area contributed by atoms with Gasteiger partial charge in [0.05, 0.1) is 12.5 Å². The summed E-state index contributed by atoms with van der Waals surface area (Å²) < 4.78 is 5.66. The van der Waals surface area contributed by atoms with Crippen LogP contribution in [0.15, 0.2) is 24.3 Å². The molecule has 3 nitrogen and oxygen atoms in total. The summed E-state index contributed by atoms with van der Waals surface area (Å²) in [5.74, 6) is 1.69. The normalized spacial score (nSPS) is 28.9. The maximum absolute atomic E-state index is 12.9. The van der Waals surface area contributed by atoms with E-state index in [1.807, 2.05) is 24.3 Å². The van der Waals surface area contributed by atoms with Crippen molar-refractivity contribution in [2.24, 2.45) is 5.92 Å². The van der Waals surface area contributed by atoms with Crippen LogP contribution < -0.4 is 4.74 Å². The molecule has 0 bridgehead atoms. The molecule has 1 fully saturated rings. The van der Waals surface area contributed by atoms with Gasteiger partial charge in [0.25, 0.3) is 0 Å². The summed E-state index contributed by atoms with van der Waals surface area (Å²) in [6, 6.07) is 8.27. The summed E-state index contributed by atoms with van der Waals surface area (Å²) in [4.78, 5) is 15.0. The third-order valence-corrected chi connectivity index (χ3v) is 5.24. The van der Waals surface area contributed by atoms with Gasteiger partial charge in [0.1, 0.15) is 5.75 Å². The molecule has 0 aliphatic carbocycles. The SMILES string of the molecule is CC1CCN(C(=O)C2CCOc3ccccc32)C1CBr. The first kappa shape index (κ1) is 13.9. The van der Waals surface area contributed by atoms with Gasteiger partial charge >= 0.3 is 0 Å². The Morgan fingerprint density at radius 1 is 1.40 bits per heavy atom. The number of para-hydroxylation sites is 1. The number of rotatable bonds is 2. The molecule has 1 saturated heterocycles. The van der Waals surface area contributed by atoms with Crippen LogP contribution in [-0.4, -0.2) is 35.3 Å². The monoisotopic (exact) mass is 337 g/mol. The highest BCUT2D eigenvalue weighted by molar-refractivity contribution is 9.09. The minimum absolute atomic E-state index is 0.0354. The number of alkyl halides is 1. The summed E-state index contributed by atoms with van der Waals surface area (Å²) in [7, 11) is 0. The highest BCUT2D eigenvalue weighted by atomic mass is 79.9. The second kappa shape index (κ2) is 5.76. The molecule has 0 aromatic heterocycles. The number of hydrogen-bond acceptors (Lipinski definition) is 2. The molecule has 3 rings (SSSR count). The zero-order valence-corrected chi connectivity index (χ0v) is 13.3. The Balaban J connectivity index is 1.85. The topological polar surface area (TPSA) is 29.5 Å². The van der Waals surface area contributed by atoms with Crippen LogP contribution in [0, 0.1) is 5.92 Å². The molecule has 2 heterocycles. The minimum Gasteiger partial charge on any atom is -0.493 e. The highest BCUT2D eigenvalue weighted by Crippen LogP contribution is 2.37. The van der Waals surface area contributed by atoms with E-state index in [2.05, 4.69) is 27.8 Å². The Morgan fingerprint density at radius 2 is 2.20 bits per heavy atom. The molecule has 20 heavy (non-hydrogen) atoms. The van der Waals surface area contributed by atoms with E-state index in [-0.39, 0.29) is 11.8 Å². The number of nitrogens with zero attached hydrogens (tertiary/aromatic N) is 1. The molecule has 0 saturated carbocycles. The summed E-state index contributed by atoms with van der Waals surface area (Å²) in [5, 5.41) is 0.866. The molecule has 1 amide bonds. The van der Waals surface area contributed by atoms with E-state index in [1.54, 1.807) is 0 Å². The maximum atomic E-state index is 12.9. The lowest BCUT2D eigenvalue weighted by molar-refractivity contribution is -0.134. The van der Waals surface area contributed by atoms with Gasteiger partial charge in [-0.3, -0.25) is 4.79 Å². The zero-order valence-electron chi connectivity index (χ0n) is 11.7. The number of fused-ring (bicyclic) bond motifs is 1. The van der Waals surface area contributed by atoms with Crippen molar-refractivity contribution in [1.82, 2.24) is 4.90 Å². The number of carbonyl (C=O) groups is 1. The summed E-state index contributed by atoms with van der Waals surface area (Å²) in [6.07, 6.45) is 1.89. The van der Waals surface area contributed by atoms with E-state index in [0.717, 1.165) is 36.0 Å². The number of likely N-dealkylation sites (tertiary alicyclic amines) is 1. The van der Waals surface area contributed by atoms with Crippen LogP contribution in [0.4, 0.5) is 0 Å². The maximum Gasteiger partial charge on any atom is 0.230 e. The molecule has 2 aliphatic rings. The van der Waals surface area contributed by atoms with Crippen molar-refractivity contribution in [2.45, 2.75) is 31.7 Å². The molecule has 0 radical (unpaired) electrons. The molecule has 108 valence electrons. The fourth-order valence-electron chi connectivity index (χ4n) is 3.32. The van der Waals surface area contributed by atoms with E-state index < -0.39 is 0 Å². The second-order valence-electron chi connectivity index (χ2n) is 5.75. The van der Waals surface area contributed by atoms with Crippen LogP contribution in [0.5, 0.6) is 5.75 Å². The Bertz CT molecular complexity index is 505. The van der Waals surface area contributed by atoms with Gasteiger partial charge in [-0.2, -0.15) is 0 Å². The molecule has 3 atom stereocenters. The van der Waals surface area contributed by atoms with Crippen molar-refractivity contribution in [1.29, 1.82) is 0 Å². The molecule has 2 aliphatic heterocycles. The second-order valence-corrected chi connectivity index (χ2v) is 6.39. The lowest BCUT2D eigenvalue weighted by atomic mass is 9.91. The Kier molecular flexibility index (Phi) is 4.01. The van der Waals surface area contributed by atoms with Crippen LogP contribution in [-0.2, 0) is 4.79 Å². The highest BCUT2D eigenvalue weighted by Gasteiger charge is 2.38.